The highest BCUT2D eigenvalue weighted by atomic mass is 16.5. The predicted octanol–water partition coefficient (Wildman–Crippen LogP) is 2.30. The second-order valence-corrected chi connectivity index (χ2v) is 4.30. The first-order valence-electron chi connectivity index (χ1n) is 5.52. The molecule has 1 heterocycles. The van der Waals surface area contributed by atoms with Gasteiger partial charge in [-0.1, -0.05) is 12.1 Å². The van der Waals surface area contributed by atoms with Gasteiger partial charge >= 0.3 is 0 Å². The van der Waals surface area contributed by atoms with Crippen molar-refractivity contribution in [2.24, 2.45) is 0 Å². The van der Waals surface area contributed by atoms with Gasteiger partial charge in [-0.25, -0.2) is 0 Å². The van der Waals surface area contributed by atoms with E-state index in [0.717, 1.165) is 12.0 Å². The van der Waals surface area contributed by atoms with Crippen LogP contribution in [0.5, 0.6) is 0 Å². The maximum atomic E-state index is 9.06. The maximum Gasteiger partial charge on any atom is 0.0946 e. The van der Waals surface area contributed by atoms with Gasteiger partial charge in [-0.3, -0.25) is 0 Å². The minimum absolute atomic E-state index is 0.173. The van der Waals surface area contributed by atoms with E-state index in [0.29, 0.717) is 12.6 Å². The van der Waals surface area contributed by atoms with Gasteiger partial charge < -0.3 is 10.1 Å². The van der Waals surface area contributed by atoms with E-state index in [1.165, 1.54) is 11.3 Å². The number of fused-ring (bicyclic) bond motifs is 1. The average Bonchev–Trinajstić information content (AvgIpc) is 2.64. The van der Waals surface area contributed by atoms with Crippen LogP contribution in [0.15, 0.2) is 18.2 Å². The van der Waals surface area contributed by atoms with Crippen molar-refractivity contribution in [3.05, 3.63) is 29.3 Å². The summed E-state index contributed by atoms with van der Waals surface area (Å²) in [4.78, 5) is 0. The zero-order valence-electron chi connectivity index (χ0n) is 9.66. The van der Waals surface area contributed by atoms with Crippen LogP contribution in [0.3, 0.4) is 0 Å². The van der Waals surface area contributed by atoms with Crippen molar-refractivity contribution in [2.75, 3.05) is 19.0 Å². The van der Waals surface area contributed by atoms with Gasteiger partial charge in [0, 0.05) is 18.8 Å². The average molecular weight is 216 g/mol. The zero-order chi connectivity index (χ0) is 11.5. The van der Waals surface area contributed by atoms with Crippen molar-refractivity contribution >= 4 is 5.69 Å². The SMILES string of the molecule is COCC(C#N)c1ccc2c(c1)NC(C)C2. The molecule has 0 bridgehead atoms. The Balaban J connectivity index is 2.25. The summed E-state index contributed by atoms with van der Waals surface area (Å²) >= 11 is 0. The van der Waals surface area contributed by atoms with E-state index in [2.05, 4.69) is 30.4 Å². The molecule has 0 saturated carbocycles. The van der Waals surface area contributed by atoms with Gasteiger partial charge in [-0.2, -0.15) is 5.26 Å². The summed E-state index contributed by atoms with van der Waals surface area (Å²) in [5.74, 6) is -0.173. The highest BCUT2D eigenvalue weighted by molar-refractivity contribution is 5.59. The predicted molar refractivity (Wildman–Crippen MR) is 63.5 cm³/mol. The van der Waals surface area contributed by atoms with E-state index in [4.69, 9.17) is 10.00 Å². The van der Waals surface area contributed by atoms with Gasteiger partial charge in [0.25, 0.3) is 0 Å². The number of nitrogens with zero attached hydrogens (tertiary/aromatic N) is 1. The molecule has 84 valence electrons. The molecule has 16 heavy (non-hydrogen) atoms. The first kappa shape index (κ1) is 11.0. The molecule has 1 aliphatic heterocycles. The largest absolute Gasteiger partial charge is 0.383 e. The van der Waals surface area contributed by atoms with Crippen LogP contribution in [0.2, 0.25) is 0 Å². The third-order valence-corrected chi connectivity index (χ3v) is 2.95. The number of rotatable bonds is 3. The standard InChI is InChI=1S/C13H16N2O/c1-9-5-11-4-3-10(6-13(11)15-9)12(7-14)8-16-2/h3-4,6,9,12,15H,5,8H2,1-2H3. The molecule has 0 radical (unpaired) electrons. The van der Waals surface area contributed by atoms with Crippen molar-refractivity contribution in [3.63, 3.8) is 0 Å². The molecular weight excluding hydrogens is 200 g/mol. The normalized spacial score (nSPS) is 19.7. The number of nitriles is 1. The fraction of sp³-hybridized carbons (Fsp3) is 0.462. The summed E-state index contributed by atoms with van der Waals surface area (Å²) in [5.41, 5.74) is 3.54. The topological polar surface area (TPSA) is 45.0 Å². The van der Waals surface area contributed by atoms with Crippen molar-refractivity contribution in [1.82, 2.24) is 0 Å². The van der Waals surface area contributed by atoms with Crippen LogP contribution in [0.25, 0.3) is 0 Å². The summed E-state index contributed by atoms with van der Waals surface area (Å²) < 4.78 is 5.05. The zero-order valence-corrected chi connectivity index (χ0v) is 9.66. The van der Waals surface area contributed by atoms with Gasteiger partial charge in [0.05, 0.1) is 18.6 Å². The quantitative estimate of drug-likeness (QED) is 0.843. The molecule has 1 aromatic rings. The summed E-state index contributed by atoms with van der Waals surface area (Å²) in [5, 5.41) is 12.5. The Morgan fingerprint density at radius 1 is 1.62 bits per heavy atom. The smallest absolute Gasteiger partial charge is 0.0946 e. The number of anilines is 1. The second-order valence-electron chi connectivity index (χ2n) is 4.30. The minimum Gasteiger partial charge on any atom is -0.383 e. The highest BCUT2D eigenvalue weighted by Gasteiger charge is 2.19. The summed E-state index contributed by atoms with van der Waals surface area (Å²) in [7, 11) is 1.62. The monoisotopic (exact) mass is 216 g/mol. The third kappa shape index (κ3) is 2.02. The molecule has 0 spiro atoms. The van der Waals surface area contributed by atoms with Gasteiger partial charge in [-0.05, 0) is 30.5 Å². The van der Waals surface area contributed by atoms with Crippen molar-refractivity contribution in [2.45, 2.75) is 25.3 Å². The summed E-state index contributed by atoms with van der Waals surface area (Å²) in [6, 6.07) is 8.98. The van der Waals surface area contributed by atoms with Gasteiger partial charge in [0.15, 0.2) is 0 Å². The molecule has 2 rings (SSSR count). The molecule has 0 amide bonds. The fourth-order valence-corrected chi connectivity index (χ4v) is 2.14. The first-order chi connectivity index (χ1) is 7.74. The van der Waals surface area contributed by atoms with E-state index in [9.17, 15) is 0 Å². The van der Waals surface area contributed by atoms with Crippen LogP contribution in [0, 0.1) is 11.3 Å². The minimum atomic E-state index is -0.173. The van der Waals surface area contributed by atoms with Crippen molar-refractivity contribution in [1.29, 1.82) is 5.26 Å². The van der Waals surface area contributed by atoms with Crippen molar-refractivity contribution in [3.8, 4) is 6.07 Å². The lowest BCUT2D eigenvalue weighted by Gasteiger charge is -2.10. The lowest BCUT2D eigenvalue weighted by Crippen LogP contribution is -2.08. The Morgan fingerprint density at radius 2 is 2.44 bits per heavy atom. The summed E-state index contributed by atoms with van der Waals surface area (Å²) in [6.45, 7) is 2.61. The van der Waals surface area contributed by atoms with Crippen LogP contribution < -0.4 is 5.32 Å². The third-order valence-electron chi connectivity index (χ3n) is 2.95. The molecule has 1 aliphatic rings. The van der Waals surface area contributed by atoms with E-state index in [1.54, 1.807) is 7.11 Å². The Labute approximate surface area is 96.0 Å². The molecule has 1 N–H and O–H groups in total. The Bertz CT molecular complexity index is 422. The van der Waals surface area contributed by atoms with Crippen LogP contribution in [-0.2, 0) is 11.2 Å². The molecule has 2 atom stereocenters. The van der Waals surface area contributed by atoms with E-state index in [-0.39, 0.29) is 5.92 Å². The van der Waals surface area contributed by atoms with Crippen LogP contribution >= 0.6 is 0 Å². The highest BCUT2D eigenvalue weighted by Crippen LogP contribution is 2.29. The van der Waals surface area contributed by atoms with E-state index < -0.39 is 0 Å². The van der Waals surface area contributed by atoms with Crippen LogP contribution in [0.4, 0.5) is 5.69 Å². The molecule has 0 aromatic heterocycles. The molecule has 2 unspecified atom stereocenters. The van der Waals surface area contributed by atoms with E-state index in [1.807, 2.05) is 6.07 Å². The summed E-state index contributed by atoms with van der Waals surface area (Å²) in [6.07, 6.45) is 1.07. The molecule has 3 heteroatoms. The van der Waals surface area contributed by atoms with Gasteiger partial charge in [0.1, 0.15) is 0 Å². The lowest BCUT2D eigenvalue weighted by molar-refractivity contribution is 0.193. The number of methoxy groups -OCH3 is 1. The van der Waals surface area contributed by atoms with Gasteiger partial charge in [-0.15, -0.1) is 0 Å². The Kier molecular flexibility index (Phi) is 3.12. The molecule has 0 aliphatic carbocycles. The number of benzene rings is 1. The molecule has 1 aromatic carbocycles. The lowest BCUT2D eigenvalue weighted by atomic mass is 9.99. The fourth-order valence-electron chi connectivity index (χ4n) is 2.14. The maximum absolute atomic E-state index is 9.06. The van der Waals surface area contributed by atoms with E-state index >= 15 is 0 Å². The molecule has 0 saturated heterocycles. The molecule has 0 fully saturated rings. The second kappa shape index (κ2) is 4.54. The number of hydrogen-bond donors (Lipinski definition) is 1. The first-order valence-corrected chi connectivity index (χ1v) is 5.52. The number of hydrogen-bond acceptors (Lipinski definition) is 3. The molecule has 3 nitrogen and oxygen atoms in total. The number of nitrogens with one attached hydrogen (secondary N) is 1. The van der Waals surface area contributed by atoms with Crippen LogP contribution in [-0.4, -0.2) is 19.8 Å². The number of ether oxygens (including phenoxy) is 1. The molecular formula is C13H16N2O. The Hall–Kier alpha value is -1.53. The van der Waals surface area contributed by atoms with Gasteiger partial charge in [0.2, 0.25) is 0 Å². The Morgan fingerprint density at radius 3 is 3.12 bits per heavy atom. The van der Waals surface area contributed by atoms with Crippen molar-refractivity contribution < 1.29 is 4.74 Å². The van der Waals surface area contributed by atoms with Crippen LogP contribution in [0.1, 0.15) is 24.0 Å².